The molecule has 0 aliphatic heterocycles. The third-order valence-corrected chi connectivity index (χ3v) is 4.60. The number of hydrogen-bond donors (Lipinski definition) is 1. The minimum Gasteiger partial charge on any atom is -0.310 e. The molecular weight excluding hydrogens is 269 g/mol. The fourth-order valence-corrected chi connectivity index (χ4v) is 3.07. The predicted molar refractivity (Wildman–Crippen MR) is 81.6 cm³/mol. The second-order valence-corrected chi connectivity index (χ2v) is 6.43. The van der Waals surface area contributed by atoms with Gasteiger partial charge in [0.15, 0.2) is 0 Å². The number of rotatable bonds is 5. The van der Waals surface area contributed by atoms with Crippen LogP contribution in [-0.2, 0) is 6.54 Å². The summed E-state index contributed by atoms with van der Waals surface area (Å²) in [5, 5.41) is 3.52. The second kappa shape index (κ2) is 5.98. The SMILES string of the molecule is Cc1cc(CNC2CC2)ccc1Sc1cccc(F)c1. The van der Waals surface area contributed by atoms with Crippen LogP contribution in [0.5, 0.6) is 0 Å². The molecule has 1 fully saturated rings. The van der Waals surface area contributed by atoms with Crippen molar-refractivity contribution < 1.29 is 4.39 Å². The van der Waals surface area contributed by atoms with Crippen LogP contribution in [0.15, 0.2) is 52.3 Å². The average molecular weight is 287 g/mol. The van der Waals surface area contributed by atoms with Gasteiger partial charge in [-0.15, -0.1) is 0 Å². The van der Waals surface area contributed by atoms with Gasteiger partial charge in [0.2, 0.25) is 0 Å². The summed E-state index contributed by atoms with van der Waals surface area (Å²) in [5.74, 6) is -0.182. The van der Waals surface area contributed by atoms with E-state index in [-0.39, 0.29) is 5.82 Å². The Hall–Kier alpha value is -1.32. The largest absolute Gasteiger partial charge is 0.310 e. The Kier molecular flexibility index (Phi) is 4.08. The molecule has 20 heavy (non-hydrogen) atoms. The number of nitrogens with one attached hydrogen (secondary N) is 1. The van der Waals surface area contributed by atoms with Crippen LogP contribution in [0.2, 0.25) is 0 Å². The van der Waals surface area contributed by atoms with E-state index < -0.39 is 0 Å². The van der Waals surface area contributed by atoms with Crippen molar-refractivity contribution in [3.05, 3.63) is 59.4 Å². The third kappa shape index (κ3) is 3.62. The van der Waals surface area contributed by atoms with Gasteiger partial charge in [0.1, 0.15) is 5.82 Å². The first-order valence-electron chi connectivity index (χ1n) is 6.97. The highest BCUT2D eigenvalue weighted by molar-refractivity contribution is 7.99. The van der Waals surface area contributed by atoms with E-state index in [0.717, 1.165) is 17.5 Å². The first kappa shape index (κ1) is 13.7. The molecular formula is C17H18FNS. The molecule has 1 aliphatic rings. The molecule has 0 spiro atoms. The summed E-state index contributed by atoms with van der Waals surface area (Å²) in [6.07, 6.45) is 2.62. The fraction of sp³-hybridized carbons (Fsp3) is 0.294. The molecule has 0 saturated heterocycles. The third-order valence-electron chi connectivity index (χ3n) is 3.44. The Labute approximate surface area is 123 Å². The summed E-state index contributed by atoms with van der Waals surface area (Å²) >= 11 is 1.61. The van der Waals surface area contributed by atoms with Gasteiger partial charge in [-0.3, -0.25) is 0 Å². The van der Waals surface area contributed by atoms with Gasteiger partial charge in [0.05, 0.1) is 0 Å². The molecule has 1 saturated carbocycles. The van der Waals surface area contributed by atoms with E-state index in [4.69, 9.17) is 0 Å². The van der Waals surface area contributed by atoms with Crippen LogP contribution in [0.4, 0.5) is 4.39 Å². The van der Waals surface area contributed by atoms with Gasteiger partial charge < -0.3 is 5.32 Å². The van der Waals surface area contributed by atoms with Crippen molar-refractivity contribution in [2.75, 3.05) is 0 Å². The van der Waals surface area contributed by atoms with Crippen molar-refractivity contribution in [3.63, 3.8) is 0 Å². The molecule has 0 atom stereocenters. The molecule has 3 rings (SSSR count). The number of halogens is 1. The topological polar surface area (TPSA) is 12.0 Å². The Morgan fingerprint density at radius 2 is 2.05 bits per heavy atom. The standard InChI is InChI=1S/C17H18FNS/c1-12-9-13(11-19-15-6-7-15)5-8-17(12)20-16-4-2-3-14(18)10-16/h2-5,8-10,15,19H,6-7,11H2,1H3. The zero-order valence-corrected chi connectivity index (χ0v) is 12.3. The molecule has 0 unspecified atom stereocenters. The average Bonchev–Trinajstić information content (AvgIpc) is 3.23. The van der Waals surface area contributed by atoms with Gasteiger partial charge in [-0.2, -0.15) is 0 Å². The van der Waals surface area contributed by atoms with Crippen molar-refractivity contribution in [2.24, 2.45) is 0 Å². The zero-order valence-electron chi connectivity index (χ0n) is 11.5. The van der Waals surface area contributed by atoms with Crippen LogP contribution in [0.25, 0.3) is 0 Å². The molecule has 2 aromatic rings. The lowest BCUT2D eigenvalue weighted by Crippen LogP contribution is -2.15. The van der Waals surface area contributed by atoms with Gasteiger partial charge in [-0.05, 0) is 55.2 Å². The molecule has 1 N–H and O–H groups in total. The maximum Gasteiger partial charge on any atom is 0.124 e. The van der Waals surface area contributed by atoms with Crippen molar-refractivity contribution >= 4 is 11.8 Å². The van der Waals surface area contributed by atoms with Crippen LogP contribution in [0.3, 0.4) is 0 Å². The van der Waals surface area contributed by atoms with Gasteiger partial charge in [0, 0.05) is 22.4 Å². The van der Waals surface area contributed by atoms with Gasteiger partial charge in [0.25, 0.3) is 0 Å². The highest BCUT2D eigenvalue weighted by Crippen LogP contribution is 2.31. The maximum atomic E-state index is 13.2. The number of hydrogen-bond acceptors (Lipinski definition) is 2. The summed E-state index contributed by atoms with van der Waals surface area (Å²) in [5.41, 5.74) is 2.56. The lowest BCUT2D eigenvalue weighted by atomic mass is 10.1. The minimum atomic E-state index is -0.182. The van der Waals surface area contributed by atoms with Crippen molar-refractivity contribution in [1.29, 1.82) is 0 Å². The molecule has 0 bridgehead atoms. The molecule has 0 heterocycles. The molecule has 0 radical (unpaired) electrons. The van der Waals surface area contributed by atoms with Gasteiger partial charge >= 0.3 is 0 Å². The Morgan fingerprint density at radius 1 is 1.20 bits per heavy atom. The molecule has 2 aromatic carbocycles. The number of aryl methyl sites for hydroxylation is 1. The van der Waals surface area contributed by atoms with Crippen molar-refractivity contribution in [3.8, 4) is 0 Å². The fourth-order valence-electron chi connectivity index (χ4n) is 2.14. The van der Waals surface area contributed by atoms with E-state index in [1.165, 1.54) is 34.9 Å². The summed E-state index contributed by atoms with van der Waals surface area (Å²) < 4.78 is 13.2. The van der Waals surface area contributed by atoms with Gasteiger partial charge in [-0.25, -0.2) is 4.39 Å². The normalized spacial score (nSPS) is 14.5. The molecule has 1 aliphatic carbocycles. The first-order chi connectivity index (χ1) is 9.70. The maximum absolute atomic E-state index is 13.2. The monoisotopic (exact) mass is 287 g/mol. The highest BCUT2D eigenvalue weighted by atomic mass is 32.2. The van der Waals surface area contributed by atoms with Gasteiger partial charge in [-0.1, -0.05) is 30.0 Å². The lowest BCUT2D eigenvalue weighted by Gasteiger charge is -2.09. The van der Waals surface area contributed by atoms with E-state index in [2.05, 4.69) is 30.4 Å². The molecule has 0 amide bonds. The minimum absolute atomic E-state index is 0.182. The van der Waals surface area contributed by atoms with Crippen LogP contribution in [0, 0.1) is 12.7 Å². The first-order valence-corrected chi connectivity index (χ1v) is 7.79. The molecule has 3 heteroatoms. The van der Waals surface area contributed by atoms with Crippen molar-refractivity contribution in [1.82, 2.24) is 5.32 Å². The molecule has 104 valence electrons. The highest BCUT2D eigenvalue weighted by Gasteiger charge is 2.19. The lowest BCUT2D eigenvalue weighted by molar-refractivity contribution is 0.624. The summed E-state index contributed by atoms with van der Waals surface area (Å²) in [7, 11) is 0. The predicted octanol–water partition coefficient (Wildman–Crippen LogP) is 4.54. The Bertz CT molecular complexity index is 608. The number of benzene rings is 2. The van der Waals surface area contributed by atoms with E-state index in [9.17, 15) is 4.39 Å². The van der Waals surface area contributed by atoms with E-state index in [1.807, 2.05) is 6.07 Å². The summed E-state index contributed by atoms with van der Waals surface area (Å²) in [6, 6.07) is 14.0. The van der Waals surface area contributed by atoms with E-state index >= 15 is 0 Å². The zero-order chi connectivity index (χ0) is 13.9. The van der Waals surface area contributed by atoms with E-state index in [0.29, 0.717) is 0 Å². The second-order valence-electron chi connectivity index (χ2n) is 5.31. The van der Waals surface area contributed by atoms with E-state index in [1.54, 1.807) is 23.9 Å². The van der Waals surface area contributed by atoms with Crippen LogP contribution in [-0.4, -0.2) is 6.04 Å². The Morgan fingerprint density at radius 3 is 2.75 bits per heavy atom. The summed E-state index contributed by atoms with van der Waals surface area (Å²) in [4.78, 5) is 2.13. The van der Waals surface area contributed by atoms with Crippen LogP contribution < -0.4 is 5.32 Å². The van der Waals surface area contributed by atoms with Crippen molar-refractivity contribution in [2.45, 2.75) is 42.1 Å². The summed E-state index contributed by atoms with van der Waals surface area (Å²) in [6.45, 7) is 3.05. The Balaban J connectivity index is 1.69. The quantitative estimate of drug-likeness (QED) is 0.866. The smallest absolute Gasteiger partial charge is 0.124 e. The van der Waals surface area contributed by atoms with Crippen LogP contribution in [0.1, 0.15) is 24.0 Å². The van der Waals surface area contributed by atoms with Crippen LogP contribution >= 0.6 is 11.8 Å². The molecule has 0 aromatic heterocycles. The molecule has 1 nitrogen and oxygen atoms in total.